The van der Waals surface area contributed by atoms with Crippen molar-refractivity contribution in [2.45, 2.75) is 19.3 Å². The van der Waals surface area contributed by atoms with Gasteiger partial charge in [0.25, 0.3) is 0 Å². The summed E-state index contributed by atoms with van der Waals surface area (Å²) in [6.45, 7) is 2.80. The fourth-order valence-corrected chi connectivity index (χ4v) is 4.25. The Balaban J connectivity index is 1.42. The van der Waals surface area contributed by atoms with Gasteiger partial charge in [-0.15, -0.1) is 0 Å². The zero-order valence-corrected chi connectivity index (χ0v) is 13.8. The van der Waals surface area contributed by atoms with Crippen LogP contribution >= 0.6 is 0 Å². The summed E-state index contributed by atoms with van der Waals surface area (Å²) in [7, 11) is 0. The maximum atomic E-state index is 12.7. The first-order chi connectivity index (χ1) is 11.7. The van der Waals surface area contributed by atoms with Crippen molar-refractivity contribution < 1.29 is 14.6 Å². The first kappa shape index (κ1) is 15.7. The molecule has 0 spiro atoms. The number of aromatic amines is 1. The highest BCUT2D eigenvalue weighted by atomic mass is 16.5. The maximum Gasteiger partial charge on any atom is 0.222 e. The summed E-state index contributed by atoms with van der Waals surface area (Å²) < 4.78 is 5.57. The highest BCUT2D eigenvalue weighted by Gasteiger charge is 2.49. The number of H-pyrrole nitrogens is 1. The fraction of sp³-hybridized carbons (Fsp3) is 0.526. The minimum atomic E-state index is -0.241. The molecule has 0 aliphatic carbocycles. The van der Waals surface area contributed by atoms with Crippen LogP contribution in [0.5, 0.6) is 0 Å². The second-order valence-corrected chi connectivity index (χ2v) is 7.19. The van der Waals surface area contributed by atoms with Gasteiger partial charge >= 0.3 is 0 Å². The molecular weight excluding hydrogens is 304 g/mol. The van der Waals surface area contributed by atoms with Gasteiger partial charge in [-0.1, -0.05) is 18.2 Å². The Hall–Kier alpha value is -1.85. The van der Waals surface area contributed by atoms with Crippen LogP contribution in [0.15, 0.2) is 30.5 Å². The smallest absolute Gasteiger partial charge is 0.222 e. The van der Waals surface area contributed by atoms with Gasteiger partial charge < -0.3 is 19.7 Å². The average Bonchev–Trinajstić information content (AvgIpc) is 3.21. The molecule has 0 radical (unpaired) electrons. The number of likely N-dealkylation sites (tertiary alicyclic amines) is 1. The van der Waals surface area contributed by atoms with Crippen molar-refractivity contribution in [3.8, 4) is 0 Å². The summed E-state index contributed by atoms with van der Waals surface area (Å²) in [5.41, 5.74) is 2.06. The molecule has 2 fully saturated rings. The van der Waals surface area contributed by atoms with Crippen molar-refractivity contribution in [3.05, 3.63) is 36.0 Å². The molecule has 2 aromatic rings. The predicted octanol–water partition coefficient (Wildman–Crippen LogP) is 1.96. The zero-order valence-electron chi connectivity index (χ0n) is 13.8. The third-order valence-corrected chi connectivity index (χ3v) is 5.76. The molecule has 128 valence electrons. The Bertz CT molecular complexity index is 741. The number of aryl methyl sites for hydroxylation is 1. The molecule has 2 aliphatic heterocycles. The van der Waals surface area contributed by atoms with Crippen molar-refractivity contribution in [1.29, 1.82) is 0 Å². The largest absolute Gasteiger partial charge is 0.396 e. The molecule has 1 aromatic carbocycles. The van der Waals surface area contributed by atoms with E-state index in [-0.39, 0.29) is 17.9 Å². The van der Waals surface area contributed by atoms with Gasteiger partial charge in [0.15, 0.2) is 0 Å². The normalized spacial score (nSPS) is 26.7. The third kappa shape index (κ3) is 2.62. The number of hydrogen-bond acceptors (Lipinski definition) is 3. The van der Waals surface area contributed by atoms with Crippen molar-refractivity contribution in [1.82, 2.24) is 9.88 Å². The standard InChI is InChI=1S/C19H24N2O3/c22-12-19-11-21(10-15(19)7-8-24-13-19)18(23)6-5-14-9-20-17-4-2-1-3-16(14)17/h1-4,9,15,20,22H,5-8,10-13H2/t15-,19+/m0/s1. The summed E-state index contributed by atoms with van der Waals surface area (Å²) in [4.78, 5) is 17.9. The highest BCUT2D eigenvalue weighted by molar-refractivity contribution is 5.84. The average molecular weight is 328 g/mol. The fourth-order valence-electron chi connectivity index (χ4n) is 4.25. The number of hydrogen-bond donors (Lipinski definition) is 2. The molecule has 1 amide bonds. The van der Waals surface area contributed by atoms with E-state index in [0.29, 0.717) is 25.5 Å². The van der Waals surface area contributed by atoms with Crippen LogP contribution in [0.4, 0.5) is 0 Å². The maximum absolute atomic E-state index is 12.7. The lowest BCUT2D eigenvalue weighted by Gasteiger charge is -2.36. The molecule has 2 atom stereocenters. The van der Waals surface area contributed by atoms with Gasteiger partial charge in [-0.05, 0) is 30.4 Å². The summed E-state index contributed by atoms with van der Waals surface area (Å²) in [5.74, 6) is 0.552. The molecule has 0 saturated carbocycles. The van der Waals surface area contributed by atoms with Crippen molar-refractivity contribution in [2.24, 2.45) is 11.3 Å². The summed E-state index contributed by atoms with van der Waals surface area (Å²) in [6.07, 6.45) is 4.20. The molecule has 4 rings (SSSR count). The number of nitrogens with one attached hydrogen (secondary N) is 1. The second kappa shape index (κ2) is 6.22. The Labute approximate surface area is 141 Å². The van der Waals surface area contributed by atoms with E-state index in [2.05, 4.69) is 17.1 Å². The van der Waals surface area contributed by atoms with E-state index in [4.69, 9.17) is 4.74 Å². The second-order valence-electron chi connectivity index (χ2n) is 7.19. The Morgan fingerprint density at radius 1 is 1.42 bits per heavy atom. The van der Waals surface area contributed by atoms with Gasteiger partial charge in [-0.3, -0.25) is 4.79 Å². The van der Waals surface area contributed by atoms with E-state index >= 15 is 0 Å². The number of benzene rings is 1. The summed E-state index contributed by atoms with van der Waals surface area (Å²) >= 11 is 0. The SMILES string of the molecule is O=C(CCc1c[nH]c2ccccc12)N1C[C@@H]2CCOC[C@]2(CO)C1. The molecule has 0 unspecified atom stereocenters. The van der Waals surface area contributed by atoms with E-state index in [1.54, 1.807) is 0 Å². The molecule has 2 N–H and O–H groups in total. The highest BCUT2D eigenvalue weighted by Crippen LogP contribution is 2.41. The van der Waals surface area contributed by atoms with Gasteiger partial charge in [-0.25, -0.2) is 0 Å². The number of amides is 1. The molecule has 2 aliphatic rings. The van der Waals surface area contributed by atoms with Crippen LogP contribution in [0, 0.1) is 11.3 Å². The number of aliphatic hydroxyl groups is 1. The van der Waals surface area contributed by atoms with Crippen LogP contribution in [0.1, 0.15) is 18.4 Å². The van der Waals surface area contributed by atoms with Gasteiger partial charge in [0, 0.05) is 48.6 Å². The molecule has 5 nitrogen and oxygen atoms in total. The number of carbonyl (C=O) groups is 1. The quantitative estimate of drug-likeness (QED) is 0.902. The lowest BCUT2D eigenvalue weighted by atomic mass is 9.76. The van der Waals surface area contributed by atoms with Crippen LogP contribution in [0.25, 0.3) is 10.9 Å². The topological polar surface area (TPSA) is 65.6 Å². The van der Waals surface area contributed by atoms with Crippen molar-refractivity contribution >= 4 is 16.8 Å². The van der Waals surface area contributed by atoms with Crippen LogP contribution in [0.3, 0.4) is 0 Å². The lowest BCUT2D eigenvalue weighted by Crippen LogP contribution is -2.43. The van der Waals surface area contributed by atoms with Crippen LogP contribution in [-0.2, 0) is 16.0 Å². The number of nitrogens with zero attached hydrogens (tertiary/aromatic N) is 1. The molecule has 24 heavy (non-hydrogen) atoms. The van der Waals surface area contributed by atoms with E-state index < -0.39 is 0 Å². The van der Waals surface area contributed by atoms with E-state index in [1.165, 1.54) is 10.9 Å². The number of rotatable bonds is 4. The summed E-state index contributed by atoms with van der Waals surface area (Å²) in [5, 5.41) is 11.0. The van der Waals surface area contributed by atoms with Gasteiger partial charge in [0.05, 0.1) is 13.2 Å². The minimum absolute atomic E-state index is 0.101. The zero-order chi connectivity index (χ0) is 16.6. The third-order valence-electron chi connectivity index (χ3n) is 5.76. The number of para-hydroxylation sites is 1. The van der Waals surface area contributed by atoms with E-state index in [1.807, 2.05) is 23.2 Å². The first-order valence-electron chi connectivity index (χ1n) is 8.73. The Kier molecular flexibility index (Phi) is 4.06. The van der Waals surface area contributed by atoms with E-state index in [9.17, 15) is 9.90 Å². The van der Waals surface area contributed by atoms with Gasteiger partial charge in [-0.2, -0.15) is 0 Å². The van der Waals surface area contributed by atoms with Crippen molar-refractivity contribution in [3.63, 3.8) is 0 Å². The van der Waals surface area contributed by atoms with Crippen molar-refractivity contribution in [2.75, 3.05) is 32.9 Å². The van der Waals surface area contributed by atoms with Crippen LogP contribution < -0.4 is 0 Å². The first-order valence-corrected chi connectivity index (χ1v) is 8.73. The molecule has 0 bridgehead atoms. The molecule has 3 heterocycles. The van der Waals surface area contributed by atoms with Crippen LogP contribution in [-0.4, -0.2) is 53.8 Å². The Morgan fingerprint density at radius 2 is 2.29 bits per heavy atom. The number of carbonyl (C=O) groups excluding carboxylic acids is 1. The predicted molar refractivity (Wildman–Crippen MR) is 91.6 cm³/mol. The number of ether oxygens (including phenoxy) is 1. The molecule has 1 aromatic heterocycles. The molecular formula is C19H24N2O3. The van der Waals surface area contributed by atoms with Gasteiger partial charge in [0.2, 0.25) is 5.91 Å². The summed E-state index contributed by atoms with van der Waals surface area (Å²) in [6, 6.07) is 8.18. The minimum Gasteiger partial charge on any atom is -0.396 e. The number of aliphatic hydroxyl groups excluding tert-OH is 1. The number of aromatic nitrogens is 1. The lowest BCUT2D eigenvalue weighted by molar-refractivity contribution is -0.130. The Morgan fingerprint density at radius 3 is 3.12 bits per heavy atom. The monoisotopic (exact) mass is 328 g/mol. The molecule has 5 heteroatoms. The number of fused-ring (bicyclic) bond motifs is 2. The van der Waals surface area contributed by atoms with Crippen LogP contribution in [0.2, 0.25) is 0 Å². The van der Waals surface area contributed by atoms with Gasteiger partial charge in [0.1, 0.15) is 0 Å². The van der Waals surface area contributed by atoms with E-state index in [0.717, 1.165) is 31.5 Å². The molecule has 2 saturated heterocycles.